The highest BCUT2D eigenvalue weighted by atomic mass is 16.1. The Balaban J connectivity index is 2.81. The number of nitrogens with two attached hydrogens (primary N) is 1. The van der Waals surface area contributed by atoms with Crippen molar-refractivity contribution in [3.8, 4) is 0 Å². The first-order valence-electron chi connectivity index (χ1n) is 5.81. The van der Waals surface area contributed by atoms with E-state index in [-0.39, 0.29) is 5.92 Å². The second kappa shape index (κ2) is 5.77. The minimum Gasteiger partial charge on any atom is -0.364 e. The second-order valence-electron chi connectivity index (χ2n) is 4.72. The number of aromatic nitrogens is 3. The molecular formula is C11H21N5O. The van der Waals surface area contributed by atoms with Crippen molar-refractivity contribution in [2.45, 2.75) is 32.7 Å². The lowest BCUT2D eigenvalue weighted by molar-refractivity contribution is 0.0994. The molecule has 1 aromatic heterocycles. The quantitative estimate of drug-likeness (QED) is 0.782. The fourth-order valence-electron chi connectivity index (χ4n) is 1.77. The molecule has 1 amide bonds. The zero-order chi connectivity index (χ0) is 13.0. The second-order valence-corrected chi connectivity index (χ2v) is 4.72. The van der Waals surface area contributed by atoms with Gasteiger partial charge in [0, 0.05) is 6.54 Å². The van der Waals surface area contributed by atoms with Gasteiger partial charge in [-0.2, -0.15) is 0 Å². The van der Waals surface area contributed by atoms with E-state index >= 15 is 0 Å². The first-order valence-corrected chi connectivity index (χ1v) is 5.81. The average Bonchev–Trinajstić information content (AvgIpc) is 2.61. The lowest BCUT2D eigenvalue weighted by atomic mass is 10.1. The Morgan fingerprint density at radius 2 is 2.12 bits per heavy atom. The van der Waals surface area contributed by atoms with E-state index in [1.165, 1.54) is 0 Å². The van der Waals surface area contributed by atoms with Crippen molar-refractivity contribution in [2.75, 3.05) is 20.6 Å². The van der Waals surface area contributed by atoms with Gasteiger partial charge >= 0.3 is 0 Å². The summed E-state index contributed by atoms with van der Waals surface area (Å²) in [6.45, 7) is 5.75. The molecule has 0 radical (unpaired) electrons. The lowest BCUT2D eigenvalue weighted by Crippen LogP contribution is -2.18. The number of nitrogens with zero attached hydrogens (tertiary/aromatic N) is 4. The summed E-state index contributed by atoms with van der Waals surface area (Å²) in [7, 11) is 4.05. The van der Waals surface area contributed by atoms with Gasteiger partial charge in [-0.05, 0) is 33.0 Å². The Bertz CT molecular complexity index is 383. The monoisotopic (exact) mass is 239 g/mol. The molecule has 0 saturated carbocycles. The van der Waals surface area contributed by atoms with Gasteiger partial charge in [-0.25, -0.2) is 4.68 Å². The van der Waals surface area contributed by atoms with Gasteiger partial charge in [0.15, 0.2) is 5.69 Å². The summed E-state index contributed by atoms with van der Waals surface area (Å²) < 4.78 is 1.79. The molecule has 1 heterocycles. The van der Waals surface area contributed by atoms with Crippen LogP contribution >= 0.6 is 0 Å². The molecule has 0 bridgehead atoms. The summed E-state index contributed by atoms with van der Waals surface area (Å²) in [6, 6.07) is 0. The van der Waals surface area contributed by atoms with Crippen molar-refractivity contribution < 1.29 is 4.79 Å². The summed E-state index contributed by atoms with van der Waals surface area (Å²) >= 11 is 0. The van der Waals surface area contributed by atoms with Gasteiger partial charge in [0.1, 0.15) is 0 Å². The highest BCUT2D eigenvalue weighted by molar-refractivity contribution is 5.91. The van der Waals surface area contributed by atoms with Crippen LogP contribution in [0.5, 0.6) is 0 Å². The predicted molar refractivity (Wildman–Crippen MR) is 65.8 cm³/mol. The minimum absolute atomic E-state index is 0.187. The van der Waals surface area contributed by atoms with E-state index < -0.39 is 5.91 Å². The summed E-state index contributed by atoms with van der Waals surface area (Å²) in [6.07, 6.45) is 0.967. The Hall–Kier alpha value is -1.43. The van der Waals surface area contributed by atoms with E-state index in [9.17, 15) is 4.79 Å². The van der Waals surface area contributed by atoms with Crippen molar-refractivity contribution in [1.82, 2.24) is 19.9 Å². The highest BCUT2D eigenvalue weighted by Gasteiger charge is 2.19. The number of aryl methyl sites for hydroxylation is 1. The number of primary amides is 1. The van der Waals surface area contributed by atoms with E-state index in [1.54, 1.807) is 4.68 Å². The van der Waals surface area contributed by atoms with Crippen LogP contribution in [-0.4, -0.2) is 46.4 Å². The van der Waals surface area contributed by atoms with Gasteiger partial charge in [-0.1, -0.05) is 19.1 Å². The molecule has 0 aliphatic carbocycles. The van der Waals surface area contributed by atoms with Crippen LogP contribution in [0.4, 0.5) is 0 Å². The van der Waals surface area contributed by atoms with Gasteiger partial charge in [0.05, 0.1) is 5.69 Å². The maximum Gasteiger partial charge on any atom is 0.271 e. The third-order valence-corrected chi connectivity index (χ3v) is 2.53. The van der Waals surface area contributed by atoms with Crippen LogP contribution < -0.4 is 5.73 Å². The third kappa shape index (κ3) is 3.52. The first kappa shape index (κ1) is 13.6. The molecule has 0 aliphatic heterocycles. The Kier molecular flexibility index (Phi) is 4.62. The van der Waals surface area contributed by atoms with Crippen LogP contribution in [-0.2, 0) is 6.54 Å². The maximum absolute atomic E-state index is 11.2. The Labute approximate surface area is 102 Å². The number of carbonyl (C=O) groups is 1. The summed E-state index contributed by atoms with van der Waals surface area (Å²) in [5.41, 5.74) is 6.41. The van der Waals surface area contributed by atoms with Crippen LogP contribution in [0, 0.1) is 0 Å². The van der Waals surface area contributed by atoms with E-state index in [1.807, 2.05) is 27.9 Å². The molecular weight excluding hydrogens is 218 g/mol. The molecule has 0 atom stereocenters. The number of carbonyl (C=O) groups excluding carboxylic acids is 1. The van der Waals surface area contributed by atoms with Gasteiger partial charge in [0.25, 0.3) is 5.91 Å². The summed E-state index contributed by atoms with van der Waals surface area (Å²) in [5, 5.41) is 7.86. The number of amides is 1. The molecule has 0 aromatic carbocycles. The smallest absolute Gasteiger partial charge is 0.271 e. The van der Waals surface area contributed by atoms with Gasteiger partial charge in [0.2, 0.25) is 0 Å². The zero-order valence-electron chi connectivity index (χ0n) is 11.0. The number of rotatable bonds is 6. The molecule has 2 N–H and O–H groups in total. The van der Waals surface area contributed by atoms with Gasteiger partial charge in [-0.3, -0.25) is 4.79 Å². The fraction of sp³-hybridized carbons (Fsp3) is 0.727. The van der Waals surface area contributed by atoms with Crippen molar-refractivity contribution in [3.63, 3.8) is 0 Å². The maximum atomic E-state index is 11.2. The van der Waals surface area contributed by atoms with Crippen LogP contribution in [0.3, 0.4) is 0 Å². The molecule has 0 spiro atoms. The van der Waals surface area contributed by atoms with Crippen LogP contribution in [0.1, 0.15) is 42.4 Å². The van der Waals surface area contributed by atoms with Crippen molar-refractivity contribution in [3.05, 3.63) is 11.4 Å². The van der Waals surface area contributed by atoms with Crippen LogP contribution in [0.25, 0.3) is 0 Å². The molecule has 0 aliphatic rings. The van der Waals surface area contributed by atoms with Crippen molar-refractivity contribution in [2.24, 2.45) is 5.73 Å². The third-order valence-electron chi connectivity index (χ3n) is 2.53. The van der Waals surface area contributed by atoms with Crippen LogP contribution in [0.15, 0.2) is 0 Å². The van der Waals surface area contributed by atoms with Crippen molar-refractivity contribution >= 4 is 5.91 Å². The Morgan fingerprint density at radius 3 is 2.59 bits per heavy atom. The topological polar surface area (TPSA) is 77.0 Å². The number of hydrogen-bond acceptors (Lipinski definition) is 4. The van der Waals surface area contributed by atoms with Crippen molar-refractivity contribution in [1.29, 1.82) is 0 Å². The molecule has 17 heavy (non-hydrogen) atoms. The van der Waals surface area contributed by atoms with E-state index in [0.29, 0.717) is 5.69 Å². The largest absolute Gasteiger partial charge is 0.364 e. The molecule has 1 aromatic rings. The molecule has 6 heteroatoms. The van der Waals surface area contributed by atoms with Gasteiger partial charge < -0.3 is 10.6 Å². The minimum atomic E-state index is -0.507. The van der Waals surface area contributed by atoms with Crippen LogP contribution in [0.2, 0.25) is 0 Å². The average molecular weight is 239 g/mol. The number of hydrogen-bond donors (Lipinski definition) is 1. The summed E-state index contributed by atoms with van der Waals surface area (Å²) in [5.74, 6) is -0.320. The van der Waals surface area contributed by atoms with E-state index in [4.69, 9.17) is 5.73 Å². The molecule has 96 valence electrons. The zero-order valence-corrected chi connectivity index (χ0v) is 11.0. The first-order chi connectivity index (χ1) is 7.93. The molecule has 0 saturated heterocycles. The van der Waals surface area contributed by atoms with Gasteiger partial charge in [-0.15, -0.1) is 5.10 Å². The van der Waals surface area contributed by atoms with E-state index in [0.717, 1.165) is 25.2 Å². The molecule has 0 fully saturated rings. The molecule has 6 nitrogen and oxygen atoms in total. The molecule has 1 rings (SSSR count). The highest BCUT2D eigenvalue weighted by Crippen LogP contribution is 2.17. The summed E-state index contributed by atoms with van der Waals surface area (Å²) in [4.78, 5) is 13.3. The fourth-order valence-corrected chi connectivity index (χ4v) is 1.77. The standard InChI is InChI=1S/C11H21N5O/c1-8(2)10-9(11(12)17)13-14-16(10)7-5-6-15(3)4/h8H,5-7H2,1-4H3,(H2,12,17). The SMILES string of the molecule is CC(C)c1c(C(N)=O)nnn1CCCN(C)C. The van der Waals surface area contributed by atoms with E-state index in [2.05, 4.69) is 15.2 Å². The normalized spacial score (nSPS) is 11.4. The predicted octanol–water partition coefficient (Wildman–Crippen LogP) is 0.452. The lowest BCUT2D eigenvalue weighted by Gasteiger charge is -2.12. The molecule has 0 unspecified atom stereocenters. The Morgan fingerprint density at radius 1 is 1.47 bits per heavy atom.